The normalized spacial score (nSPS) is 57.7. The van der Waals surface area contributed by atoms with Crippen LogP contribution < -0.4 is 0 Å². The highest BCUT2D eigenvalue weighted by molar-refractivity contribution is 5.89. The number of carbonyl (C=O) groups is 1. The van der Waals surface area contributed by atoms with Gasteiger partial charge in [0.2, 0.25) is 0 Å². The highest BCUT2D eigenvalue weighted by Gasteiger charge is 2.79. The molecule has 4 saturated carbocycles. The van der Waals surface area contributed by atoms with Crippen molar-refractivity contribution < 1.29 is 89.0 Å². The number of hydrogen-bond acceptors (Lipinski definition) is 18. The zero-order valence-corrected chi connectivity index (χ0v) is 39.3. The first-order chi connectivity index (χ1) is 30.9. The predicted molar refractivity (Wildman–Crippen MR) is 228 cm³/mol. The molecule has 5 aliphatic carbocycles. The topological polar surface area (TPSA) is 284 Å². The highest BCUT2D eigenvalue weighted by atomic mass is 16.8. The second-order valence-electron chi connectivity index (χ2n) is 23.6. The van der Waals surface area contributed by atoms with Crippen LogP contribution >= 0.6 is 0 Å². The number of hydrogen-bond donors (Lipinski definition) is 10. The molecule has 9 rings (SSSR count). The van der Waals surface area contributed by atoms with E-state index >= 15 is 0 Å². The molecule has 8 fully saturated rings. The molecule has 9 aliphatic rings. The summed E-state index contributed by atoms with van der Waals surface area (Å²) in [6, 6.07) is 0. The number of aliphatic hydroxyl groups excluding tert-OH is 10. The SMILES string of the molecule is C[C@H]1O[C@@H](O[C@H]2CC[C@@]3(C)[C@@H](CC[C@]4(C)[C@@H]3C=C[C@]35OC[C@@]6(CCC(C)(C)C[C@H]63)C(=O)C[C@]54C)[C@]2(C)CO)[C@H](O[C@@H]2O[C@H](CO)[C@@H](O)[C@H](O)[C@H]2O)[C@@H](O[C@@H]2O[C@H](CO)[C@@H](O)[C@H](O)[C@H]2O)[C@H]1O. The largest absolute Gasteiger partial charge is 0.396 e. The van der Waals surface area contributed by atoms with Gasteiger partial charge in [0.15, 0.2) is 18.9 Å². The first-order valence-electron chi connectivity index (χ1n) is 24.3. The monoisotopic (exact) mass is 941 g/mol. The minimum absolute atomic E-state index is 0.0204. The summed E-state index contributed by atoms with van der Waals surface area (Å²) in [5.41, 5.74) is -3.02. The Balaban J connectivity index is 1.03. The van der Waals surface area contributed by atoms with Gasteiger partial charge in [0.05, 0.1) is 49.7 Å². The number of Topliss-reactive ketones (excluding diaryl/α,β-unsaturated/α-hetero) is 1. The van der Waals surface area contributed by atoms with E-state index in [0.717, 1.165) is 25.7 Å². The van der Waals surface area contributed by atoms with Gasteiger partial charge in [-0.3, -0.25) is 4.79 Å². The van der Waals surface area contributed by atoms with Crippen LogP contribution in [0.3, 0.4) is 0 Å². The molecule has 0 aromatic heterocycles. The molecule has 0 aromatic rings. The molecule has 0 amide bonds. The first kappa shape index (κ1) is 49.7. The third-order valence-electron chi connectivity index (χ3n) is 19.8. The van der Waals surface area contributed by atoms with Gasteiger partial charge < -0.3 is 84.2 Å². The third kappa shape index (κ3) is 6.93. The summed E-state index contributed by atoms with van der Waals surface area (Å²) in [6.07, 6.45) is -14.5. The fourth-order valence-electron chi connectivity index (χ4n) is 15.5. The van der Waals surface area contributed by atoms with Crippen LogP contribution in [0.4, 0.5) is 0 Å². The van der Waals surface area contributed by atoms with Crippen LogP contribution in [-0.4, -0.2) is 187 Å². The lowest BCUT2D eigenvalue weighted by atomic mass is 9.32. The Labute approximate surface area is 386 Å². The lowest BCUT2D eigenvalue weighted by Gasteiger charge is -2.72. The zero-order chi connectivity index (χ0) is 47.9. The average Bonchev–Trinajstić information content (AvgIpc) is 3.55. The van der Waals surface area contributed by atoms with E-state index in [9.17, 15) is 55.9 Å². The fourth-order valence-corrected chi connectivity index (χ4v) is 15.5. The summed E-state index contributed by atoms with van der Waals surface area (Å²) < 4.78 is 44.3. The van der Waals surface area contributed by atoms with Crippen molar-refractivity contribution in [3.8, 4) is 0 Å². The van der Waals surface area contributed by atoms with E-state index in [4.69, 9.17) is 33.2 Å². The molecule has 4 saturated heterocycles. The summed E-state index contributed by atoms with van der Waals surface area (Å²) in [4.78, 5) is 14.6. The van der Waals surface area contributed by atoms with Gasteiger partial charge in [0.25, 0.3) is 0 Å². The van der Waals surface area contributed by atoms with Crippen LogP contribution in [0.2, 0.25) is 0 Å². The first-order valence-corrected chi connectivity index (χ1v) is 24.3. The third-order valence-corrected chi connectivity index (χ3v) is 19.8. The van der Waals surface area contributed by atoms with Crippen molar-refractivity contribution in [3.63, 3.8) is 0 Å². The molecule has 0 aromatic carbocycles. The molecular formula is C48H76O18. The number of carbonyl (C=O) groups excluding carboxylic acids is 1. The number of allylic oxidation sites excluding steroid dienone is 1. The van der Waals surface area contributed by atoms with E-state index in [0.29, 0.717) is 38.1 Å². The minimum Gasteiger partial charge on any atom is -0.396 e. The van der Waals surface area contributed by atoms with Crippen molar-refractivity contribution in [2.45, 2.75) is 204 Å². The van der Waals surface area contributed by atoms with Crippen molar-refractivity contribution in [1.82, 2.24) is 0 Å². The molecule has 4 heterocycles. The number of rotatable bonds is 9. The van der Waals surface area contributed by atoms with Gasteiger partial charge in [-0.05, 0) is 80.0 Å². The molecular weight excluding hydrogens is 865 g/mol. The van der Waals surface area contributed by atoms with Crippen LogP contribution in [0.5, 0.6) is 0 Å². The second-order valence-corrected chi connectivity index (χ2v) is 23.6. The van der Waals surface area contributed by atoms with Gasteiger partial charge in [-0.15, -0.1) is 0 Å². The van der Waals surface area contributed by atoms with E-state index < -0.39 is 133 Å². The Morgan fingerprint density at radius 2 is 1.27 bits per heavy atom. The predicted octanol–water partition coefficient (Wildman–Crippen LogP) is -0.191. The molecule has 18 nitrogen and oxygen atoms in total. The Morgan fingerprint density at radius 1 is 0.667 bits per heavy atom. The van der Waals surface area contributed by atoms with Crippen LogP contribution in [-0.2, 0) is 38.0 Å². The maximum atomic E-state index is 14.6. The van der Waals surface area contributed by atoms with E-state index in [-0.39, 0.29) is 40.6 Å². The average molecular weight is 941 g/mol. The van der Waals surface area contributed by atoms with Crippen LogP contribution in [0.15, 0.2) is 12.2 Å². The van der Waals surface area contributed by atoms with Crippen molar-refractivity contribution in [1.29, 1.82) is 0 Å². The van der Waals surface area contributed by atoms with E-state index in [1.165, 1.54) is 0 Å². The van der Waals surface area contributed by atoms with E-state index in [1.54, 1.807) is 6.92 Å². The number of ketones is 1. The highest BCUT2D eigenvalue weighted by Crippen LogP contribution is 2.78. The molecule has 4 aliphatic heterocycles. The lowest BCUT2D eigenvalue weighted by Crippen LogP contribution is -2.72. The van der Waals surface area contributed by atoms with Gasteiger partial charge in [-0.1, -0.05) is 53.7 Å². The molecule has 25 atom stereocenters. The smallest absolute Gasteiger partial charge is 0.187 e. The fraction of sp³-hybridized carbons (Fsp3) is 0.938. The van der Waals surface area contributed by atoms with Crippen molar-refractivity contribution in [2.24, 2.45) is 50.2 Å². The zero-order valence-electron chi connectivity index (χ0n) is 39.3. The number of aliphatic hydroxyl groups is 10. The Bertz CT molecular complexity index is 1850. The Kier molecular flexibility index (Phi) is 12.7. The summed E-state index contributed by atoms with van der Waals surface area (Å²) in [6.45, 7) is 13.8. The van der Waals surface area contributed by atoms with E-state index in [2.05, 4.69) is 46.8 Å². The van der Waals surface area contributed by atoms with Gasteiger partial charge >= 0.3 is 0 Å². The van der Waals surface area contributed by atoms with Gasteiger partial charge in [-0.25, -0.2) is 0 Å². The number of fused-ring (bicyclic) bond motifs is 4. The Morgan fingerprint density at radius 3 is 1.86 bits per heavy atom. The molecule has 1 spiro atoms. The van der Waals surface area contributed by atoms with Crippen molar-refractivity contribution in [2.75, 3.05) is 26.4 Å². The van der Waals surface area contributed by atoms with Gasteiger partial charge in [-0.2, -0.15) is 0 Å². The lowest BCUT2D eigenvalue weighted by molar-refractivity contribution is -0.398. The maximum absolute atomic E-state index is 14.6. The van der Waals surface area contributed by atoms with Gasteiger partial charge in [0.1, 0.15) is 72.9 Å². The Hall–Kier alpha value is -1.27. The van der Waals surface area contributed by atoms with Crippen LogP contribution in [0.25, 0.3) is 0 Å². The second kappa shape index (κ2) is 16.9. The van der Waals surface area contributed by atoms with Crippen LogP contribution in [0.1, 0.15) is 99.8 Å². The molecule has 10 N–H and O–H groups in total. The van der Waals surface area contributed by atoms with Crippen LogP contribution in [0, 0.1) is 50.2 Å². The standard InChI is InChI=1S/C48H76O18/c1-22-30(53)37(65-39-35(58)33(56)31(54)23(18-49)62-39)38(66-40-36(59)34(57)32(55)24(19-50)63-40)41(61-22)64-29-10-11-43(4)25(44(29,5)20-51)8-12-45(6)26(43)9-13-48-27-16-42(2,3)14-15-47(27,21-60-48)28(52)17-46(45,48)7/h9,13,22-27,29-41,49-51,53-59H,8,10-12,14-21H2,1-7H3/t22-,23-,24-,25-,26-,27-,29+,30+,31-,32-,33+,34+,35-,36-,37+,38-,39+,40+,41+,43+,44+,45-,46+,47-,48+/m1/s1. The molecule has 376 valence electrons. The van der Waals surface area contributed by atoms with Gasteiger partial charge in [0, 0.05) is 23.2 Å². The van der Waals surface area contributed by atoms with Crippen molar-refractivity contribution >= 4 is 5.78 Å². The molecule has 0 radical (unpaired) electrons. The molecule has 66 heavy (non-hydrogen) atoms. The molecule has 18 heteroatoms. The molecule has 0 unspecified atom stereocenters. The molecule has 2 bridgehead atoms. The van der Waals surface area contributed by atoms with Crippen molar-refractivity contribution in [3.05, 3.63) is 12.2 Å². The summed E-state index contributed by atoms with van der Waals surface area (Å²) in [5.74, 6) is 0.337. The quantitative estimate of drug-likeness (QED) is 0.106. The minimum atomic E-state index is -1.89. The maximum Gasteiger partial charge on any atom is 0.187 e. The summed E-state index contributed by atoms with van der Waals surface area (Å²) >= 11 is 0. The summed E-state index contributed by atoms with van der Waals surface area (Å²) in [7, 11) is 0. The number of ether oxygens (including phenoxy) is 7. The summed E-state index contributed by atoms with van der Waals surface area (Å²) in [5, 5.41) is 108. The van der Waals surface area contributed by atoms with E-state index in [1.807, 2.05) is 6.92 Å².